The van der Waals surface area contributed by atoms with Crippen LogP contribution in [0.1, 0.15) is 31.7 Å². The molecule has 1 aliphatic rings. The smallest absolute Gasteiger partial charge is 0.224 e. The van der Waals surface area contributed by atoms with Crippen LogP contribution in [0.2, 0.25) is 0 Å². The van der Waals surface area contributed by atoms with Gasteiger partial charge in [0.25, 0.3) is 0 Å². The van der Waals surface area contributed by atoms with E-state index in [1.54, 1.807) is 0 Å². The summed E-state index contributed by atoms with van der Waals surface area (Å²) in [5.41, 5.74) is 3.57. The van der Waals surface area contributed by atoms with Crippen LogP contribution in [0.3, 0.4) is 0 Å². The maximum absolute atomic E-state index is 11.5. The fraction of sp³-hybridized carbons (Fsp3) is 0.500. The molecular weight excluding hydrogens is 212 g/mol. The standard InChI is InChI=1S/C14H20N2O/c1-3-5-14(17)15-12-7-8-13-11(10-12)6-4-9-16(13)2/h7-8,10H,3-6,9H2,1-2H3,(H,15,17). The summed E-state index contributed by atoms with van der Waals surface area (Å²) in [7, 11) is 2.12. The van der Waals surface area contributed by atoms with Gasteiger partial charge >= 0.3 is 0 Å². The molecule has 1 amide bonds. The van der Waals surface area contributed by atoms with Crippen LogP contribution in [-0.2, 0) is 11.2 Å². The first kappa shape index (κ1) is 12.0. The van der Waals surface area contributed by atoms with Gasteiger partial charge in [0.15, 0.2) is 0 Å². The van der Waals surface area contributed by atoms with Crippen LogP contribution in [0.5, 0.6) is 0 Å². The molecule has 17 heavy (non-hydrogen) atoms. The molecular formula is C14H20N2O. The monoisotopic (exact) mass is 232 g/mol. The minimum Gasteiger partial charge on any atom is -0.374 e. The summed E-state index contributed by atoms with van der Waals surface area (Å²) in [6.07, 6.45) is 3.78. The van der Waals surface area contributed by atoms with E-state index < -0.39 is 0 Å². The zero-order valence-electron chi connectivity index (χ0n) is 10.6. The Hall–Kier alpha value is -1.51. The number of nitrogens with zero attached hydrogens (tertiary/aromatic N) is 1. The number of hydrogen-bond acceptors (Lipinski definition) is 2. The molecule has 92 valence electrons. The molecule has 1 aliphatic heterocycles. The van der Waals surface area contributed by atoms with Gasteiger partial charge in [-0.05, 0) is 43.0 Å². The van der Waals surface area contributed by atoms with Gasteiger partial charge in [0.05, 0.1) is 0 Å². The molecule has 3 heteroatoms. The largest absolute Gasteiger partial charge is 0.374 e. The second kappa shape index (κ2) is 5.21. The Morgan fingerprint density at radius 3 is 3.06 bits per heavy atom. The summed E-state index contributed by atoms with van der Waals surface area (Å²) < 4.78 is 0. The first-order valence-electron chi connectivity index (χ1n) is 6.34. The summed E-state index contributed by atoms with van der Waals surface area (Å²) >= 11 is 0. The Balaban J connectivity index is 2.13. The third kappa shape index (κ3) is 2.78. The van der Waals surface area contributed by atoms with Crippen LogP contribution in [0.25, 0.3) is 0 Å². The average Bonchev–Trinajstić information content (AvgIpc) is 2.29. The molecule has 0 atom stereocenters. The maximum atomic E-state index is 11.5. The number of fused-ring (bicyclic) bond motifs is 1. The number of nitrogens with one attached hydrogen (secondary N) is 1. The molecule has 0 unspecified atom stereocenters. The van der Waals surface area contributed by atoms with E-state index in [0.717, 1.165) is 25.1 Å². The lowest BCUT2D eigenvalue weighted by atomic mass is 10.0. The topological polar surface area (TPSA) is 32.3 Å². The first-order valence-corrected chi connectivity index (χ1v) is 6.34. The molecule has 0 radical (unpaired) electrons. The first-order chi connectivity index (χ1) is 8.20. The molecule has 0 saturated heterocycles. The number of aryl methyl sites for hydroxylation is 1. The molecule has 0 aliphatic carbocycles. The lowest BCUT2D eigenvalue weighted by Gasteiger charge is -2.27. The molecule has 0 aromatic heterocycles. The summed E-state index contributed by atoms with van der Waals surface area (Å²) in [5, 5.41) is 2.95. The Morgan fingerprint density at radius 1 is 1.47 bits per heavy atom. The zero-order valence-corrected chi connectivity index (χ0v) is 10.6. The zero-order chi connectivity index (χ0) is 12.3. The molecule has 0 bridgehead atoms. The van der Waals surface area contributed by atoms with Crippen LogP contribution in [0, 0.1) is 0 Å². The molecule has 0 fully saturated rings. The van der Waals surface area contributed by atoms with Crippen molar-refractivity contribution >= 4 is 17.3 Å². The van der Waals surface area contributed by atoms with E-state index in [-0.39, 0.29) is 5.91 Å². The van der Waals surface area contributed by atoms with Gasteiger partial charge in [-0.1, -0.05) is 6.92 Å². The van der Waals surface area contributed by atoms with E-state index in [1.807, 2.05) is 13.0 Å². The number of benzene rings is 1. The van der Waals surface area contributed by atoms with Gasteiger partial charge in [-0.2, -0.15) is 0 Å². The van der Waals surface area contributed by atoms with Crippen molar-refractivity contribution in [2.45, 2.75) is 32.6 Å². The van der Waals surface area contributed by atoms with Gasteiger partial charge in [-0.3, -0.25) is 4.79 Å². The van der Waals surface area contributed by atoms with E-state index >= 15 is 0 Å². The van der Waals surface area contributed by atoms with Gasteiger partial charge in [-0.25, -0.2) is 0 Å². The molecule has 0 spiro atoms. The highest BCUT2D eigenvalue weighted by atomic mass is 16.1. The molecule has 3 nitrogen and oxygen atoms in total. The SMILES string of the molecule is CCCC(=O)Nc1ccc2c(c1)CCCN2C. The van der Waals surface area contributed by atoms with Crippen molar-refractivity contribution in [1.29, 1.82) is 0 Å². The van der Waals surface area contributed by atoms with Crippen LogP contribution in [-0.4, -0.2) is 19.5 Å². The Bertz CT molecular complexity index is 415. The third-order valence-corrected chi connectivity index (χ3v) is 3.19. The minimum absolute atomic E-state index is 0.108. The van der Waals surface area contributed by atoms with Crippen molar-refractivity contribution in [2.75, 3.05) is 23.8 Å². The number of carbonyl (C=O) groups excluding carboxylic acids is 1. The van der Waals surface area contributed by atoms with Crippen LogP contribution >= 0.6 is 0 Å². The quantitative estimate of drug-likeness (QED) is 0.869. The summed E-state index contributed by atoms with van der Waals surface area (Å²) in [6.45, 7) is 3.13. The van der Waals surface area contributed by atoms with Crippen molar-refractivity contribution in [2.24, 2.45) is 0 Å². The molecule has 1 N–H and O–H groups in total. The van der Waals surface area contributed by atoms with E-state index in [4.69, 9.17) is 0 Å². The summed E-state index contributed by atoms with van der Waals surface area (Å²) in [4.78, 5) is 13.8. The third-order valence-electron chi connectivity index (χ3n) is 3.19. The van der Waals surface area contributed by atoms with Crippen LogP contribution in [0.15, 0.2) is 18.2 Å². The van der Waals surface area contributed by atoms with E-state index in [0.29, 0.717) is 6.42 Å². The maximum Gasteiger partial charge on any atom is 0.224 e. The second-order valence-corrected chi connectivity index (χ2v) is 4.67. The van der Waals surface area contributed by atoms with Crippen molar-refractivity contribution in [3.8, 4) is 0 Å². The highest BCUT2D eigenvalue weighted by molar-refractivity contribution is 5.91. The number of rotatable bonds is 3. The molecule has 0 saturated carbocycles. The lowest BCUT2D eigenvalue weighted by molar-refractivity contribution is -0.116. The van der Waals surface area contributed by atoms with E-state index in [1.165, 1.54) is 17.7 Å². The Labute approximate surface area is 103 Å². The van der Waals surface area contributed by atoms with Gasteiger partial charge in [-0.15, -0.1) is 0 Å². The van der Waals surface area contributed by atoms with Crippen molar-refractivity contribution in [3.05, 3.63) is 23.8 Å². The van der Waals surface area contributed by atoms with Crippen molar-refractivity contribution < 1.29 is 4.79 Å². The summed E-state index contributed by atoms with van der Waals surface area (Å²) in [5.74, 6) is 0.108. The molecule has 2 rings (SSSR count). The normalized spacial score (nSPS) is 14.4. The van der Waals surface area contributed by atoms with Crippen molar-refractivity contribution in [3.63, 3.8) is 0 Å². The predicted octanol–water partition coefficient (Wildman–Crippen LogP) is 2.81. The molecule has 1 aromatic carbocycles. The van der Waals surface area contributed by atoms with Crippen LogP contribution < -0.4 is 10.2 Å². The van der Waals surface area contributed by atoms with Gasteiger partial charge in [0, 0.05) is 31.4 Å². The highest BCUT2D eigenvalue weighted by Gasteiger charge is 2.14. The van der Waals surface area contributed by atoms with Gasteiger partial charge in [0.1, 0.15) is 0 Å². The Morgan fingerprint density at radius 2 is 2.29 bits per heavy atom. The predicted molar refractivity (Wildman–Crippen MR) is 71.6 cm³/mol. The van der Waals surface area contributed by atoms with Gasteiger partial charge in [0.2, 0.25) is 5.91 Å². The van der Waals surface area contributed by atoms with E-state index in [9.17, 15) is 4.79 Å². The number of hydrogen-bond donors (Lipinski definition) is 1. The summed E-state index contributed by atoms with van der Waals surface area (Å²) in [6, 6.07) is 6.21. The average molecular weight is 232 g/mol. The fourth-order valence-electron chi connectivity index (χ4n) is 2.31. The number of carbonyl (C=O) groups is 1. The van der Waals surface area contributed by atoms with Gasteiger partial charge < -0.3 is 10.2 Å². The number of anilines is 2. The van der Waals surface area contributed by atoms with Crippen LogP contribution in [0.4, 0.5) is 11.4 Å². The number of amides is 1. The Kier molecular flexibility index (Phi) is 3.67. The lowest BCUT2D eigenvalue weighted by Crippen LogP contribution is -2.24. The highest BCUT2D eigenvalue weighted by Crippen LogP contribution is 2.28. The molecule has 1 heterocycles. The van der Waals surface area contributed by atoms with E-state index in [2.05, 4.69) is 29.4 Å². The van der Waals surface area contributed by atoms with Crippen molar-refractivity contribution in [1.82, 2.24) is 0 Å². The molecule has 1 aromatic rings. The second-order valence-electron chi connectivity index (χ2n) is 4.67. The fourth-order valence-corrected chi connectivity index (χ4v) is 2.31. The minimum atomic E-state index is 0.108.